The Bertz CT molecular complexity index is 921. The Balaban J connectivity index is 1.57. The average molecular weight is 373 g/mol. The van der Waals surface area contributed by atoms with Crippen molar-refractivity contribution < 1.29 is 14.3 Å². The van der Waals surface area contributed by atoms with Crippen LogP contribution in [0.3, 0.4) is 0 Å². The van der Waals surface area contributed by atoms with E-state index in [0.29, 0.717) is 29.5 Å². The Morgan fingerprint density at radius 3 is 2.69 bits per heavy atom. The predicted octanol–water partition coefficient (Wildman–Crippen LogP) is 3.67. The van der Waals surface area contributed by atoms with Crippen molar-refractivity contribution in [1.29, 1.82) is 0 Å². The molecule has 6 heteroatoms. The second kappa shape index (κ2) is 8.15. The van der Waals surface area contributed by atoms with Crippen molar-refractivity contribution in [2.75, 3.05) is 20.8 Å². The van der Waals surface area contributed by atoms with Crippen molar-refractivity contribution in [3.8, 4) is 11.5 Å². The molecule has 0 saturated heterocycles. The lowest BCUT2D eigenvalue weighted by molar-refractivity contribution is -0.121. The molecule has 0 spiro atoms. The average Bonchev–Trinajstić information content (AvgIpc) is 3.05. The highest BCUT2D eigenvalue weighted by Crippen LogP contribution is 2.27. The van der Waals surface area contributed by atoms with Gasteiger partial charge in [0.15, 0.2) is 11.5 Å². The van der Waals surface area contributed by atoms with Crippen LogP contribution in [0.25, 0.3) is 10.9 Å². The van der Waals surface area contributed by atoms with Crippen molar-refractivity contribution in [3.05, 3.63) is 59.2 Å². The fourth-order valence-electron chi connectivity index (χ4n) is 2.92. The van der Waals surface area contributed by atoms with Gasteiger partial charge in [-0.2, -0.15) is 0 Å². The van der Waals surface area contributed by atoms with Gasteiger partial charge in [0.2, 0.25) is 5.91 Å². The molecule has 26 heavy (non-hydrogen) atoms. The summed E-state index contributed by atoms with van der Waals surface area (Å²) in [5, 5.41) is 4.59. The third-order valence-electron chi connectivity index (χ3n) is 4.26. The lowest BCUT2D eigenvalue weighted by atomic mass is 10.1. The summed E-state index contributed by atoms with van der Waals surface area (Å²) in [5.74, 6) is 1.34. The number of aromatic nitrogens is 1. The van der Waals surface area contributed by atoms with Gasteiger partial charge in [-0.1, -0.05) is 23.7 Å². The summed E-state index contributed by atoms with van der Waals surface area (Å²) in [6, 6.07) is 13.4. The Morgan fingerprint density at radius 1 is 1.12 bits per heavy atom. The van der Waals surface area contributed by atoms with Crippen LogP contribution in [0.2, 0.25) is 5.02 Å². The predicted molar refractivity (Wildman–Crippen MR) is 103 cm³/mol. The maximum atomic E-state index is 12.2. The molecule has 0 aliphatic carbocycles. The van der Waals surface area contributed by atoms with Gasteiger partial charge in [0, 0.05) is 28.7 Å². The van der Waals surface area contributed by atoms with Gasteiger partial charge in [0.25, 0.3) is 0 Å². The van der Waals surface area contributed by atoms with E-state index in [-0.39, 0.29) is 12.5 Å². The van der Waals surface area contributed by atoms with E-state index < -0.39 is 0 Å². The molecule has 1 heterocycles. The number of rotatable bonds is 7. The Hall–Kier alpha value is -2.66. The molecule has 0 saturated carbocycles. The fourth-order valence-corrected chi connectivity index (χ4v) is 3.15. The zero-order valence-electron chi connectivity index (χ0n) is 14.8. The third-order valence-corrected chi connectivity index (χ3v) is 4.59. The number of amides is 1. The van der Waals surface area contributed by atoms with Gasteiger partial charge in [-0.3, -0.25) is 4.79 Å². The summed E-state index contributed by atoms with van der Waals surface area (Å²) in [7, 11) is 3.22. The SMILES string of the molecule is COc1ccc(CCNC(=O)Cn2ccc3c(Cl)cccc32)cc1OC. The number of carbonyl (C=O) groups is 1. The van der Waals surface area contributed by atoms with Crippen LogP contribution >= 0.6 is 11.6 Å². The Labute approximate surface area is 157 Å². The molecule has 0 fully saturated rings. The van der Waals surface area contributed by atoms with Gasteiger partial charge in [-0.05, 0) is 42.3 Å². The molecule has 1 aromatic heterocycles. The number of hydrogen-bond donors (Lipinski definition) is 1. The van der Waals surface area contributed by atoms with Crippen LogP contribution in [0.15, 0.2) is 48.7 Å². The first-order chi connectivity index (χ1) is 12.6. The van der Waals surface area contributed by atoms with Gasteiger partial charge < -0.3 is 19.4 Å². The van der Waals surface area contributed by atoms with Crippen molar-refractivity contribution >= 4 is 28.4 Å². The summed E-state index contributed by atoms with van der Waals surface area (Å²) >= 11 is 6.17. The van der Waals surface area contributed by atoms with E-state index in [1.165, 1.54) is 0 Å². The molecule has 3 rings (SSSR count). The van der Waals surface area contributed by atoms with Gasteiger partial charge in [0.05, 0.1) is 14.2 Å². The van der Waals surface area contributed by atoms with Gasteiger partial charge in [-0.25, -0.2) is 0 Å². The molecule has 0 atom stereocenters. The van der Waals surface area contributed by atoms with Gasteiger partial charge in [0.1, 0.15) is 6.54 Å². The van der Waals surface area contributed by atoms with Crippen LogP contribution in [0, 0.1) is 0 Å². The molecule has 0 aliphatic heterocycles. The Kier molecular flexibility index (Phi) is 5.68. The molecule has 2 aromatic carbocycles. The van der Waals surface area contributed by atoms with Crippen LogP contribution in [-0.2, 0) is 17.8 Å². The van der Waals surface area contributed by atoms with Crippen LogP contribution < -0.4 is 14.8 Å². The topological polar surface area (TPSA) is 52.5 Å². The zero-order valence-corrected chi connectivity index (χ0v) is 15.5. The minimum atomic E-state index is -0.0389. The summed E-state index contributed by atoms with van der Waals surface area (Å²) < 4.78 is 12.4. The first-order valence-corrected chi connectivity index (χ1v) is 8.71. The summed E-state index contributed by atoms with van der Waals surface area (Å²) in [6.07, 6.45) is 2.59. The number of halogens is 1. The molecule has 0 radical (unpaired) electrons. The number of methoxy groups -OCH3 is 2. The number of hydrogen-bond acceptors (Lipinski definition) is 3. The lowest BCUT2D eigenvalue weighted by Crippen LogP contribution is -2.29. The minimum absolute atomic E-state index is 0.0389. The molecule has 0 unspecified atom stereocenters. The summed E-state index contributed by atoms with van der Waals surface area (Å²) in [6.45, 7) is 0.810. The molecule has 5 nitrogen and oxygen atoms in total. The van der Waals surface area contributed by atoms with Gasteiger partial charge >= 0.3 is 0 Å². The highest BCUT2D eigenvalue weighted by Gasteiger charge is 2.09. The fraction of sp³-hybridized carbons (Fsp3) is 0.250. The number of carbonyl (C=O) groups excluding carboxylic acids is 1. The van der Waals surface area contributed by atoms with E-state index in [4.69, 9.17) is 21.1 Å². The van der Waals surface area contributed by atoms with Crippen molar-refractivity contribution in [3.63, 3.8) is 0 Å². The molecule has 1 amide bonds. The van der Waals surface area contributed by atoms with Crippen molar-refractivity contribution in [2.45, 2.75) is 13.0 Å². The van der Waals surface area contributed by atoms with Crippen molar-refractivity contribution in [1.82, 2.24) is 9.88 Å². The Morgan fingerprint density at radius 2 is 1.92 bits per heavy atom. The quantitative estimate of drug-likeness (QED) is 0.688. The third kappa shape index (κ3) is 3.94. The van der Waals surface area contributed by atoms with E-state index in [1.54, 1.807) is 14.2 Å². The second-order valence-corrected chi connectivity index (χ2v) is 6.31. The smallest absolute Gasteiger partial charge is 0.239 e. The van der Waals surface area contributed by atoms with Crippen LogP contribution in [-0.4, -0.2) is 31.2 Å². The number of nitrogens with zero attached hydrogens (tertiary/aromatic N) is 1. The monoisotopic (exact) mass is 372 g/mol. The van der Waals surface area contributed by atoms with Crippen molar-refractivity contribution in [2.24, 2.45) is 0 Å². The van der Waals surface area contributed by atoms with Crippen LogP contribution in [0.4, 0.5) is 0 Å². The summed E-state index contributed by atoms with van der Waals surface area (Å²) in [5.41, 5.74) is 2.02. The van der Waals surface area contributed by atoms with Crippen LogP contribution in [0.1, 0.15) is 5.56 Å². The number of benzene rings is 2. The maximum Gasteiger partial charge on any atom is 0.239 e. The van der Waals surface area contributed by atoms with Crippen LogP contribution in [0.5, 0.6) is 11.5 Å². The van der Waals surface area contributed by atoms with E-state index in [1.807, 2.05) is 53.2 Å². The normalized spacial score (nSPS) is 10.7. The van der Waals surface area contributed by atoms with E-state index in [9.17, 15) is 4.79 Å². The summed E-state index contributed by atoms with van der Waals surface area (Å²) in [4.78, 5) is 12.2. The molecule has 0 aliphatic rings. The zero-order chi connectivity index (χ0) is 18.5. The lowest BCUT2D eigenvalue weighted by Gasteiger charge is -2.10. The first-order valence-electron chi connectivity index (χ1n) is 8.33. The number of ether oxygens (including phenoxy) is 2. The number of fused-ring (bicyclic) bond motifs is 1. The molecule has 3 aromatic rings. The molecule has 136 valence electrons. The van der Waals surface area contributed by atoms with E-state index in [2.05, 4.69) is 5.32 Å². The van der Waals surface area contributed by atoms with E-state index >= 15 is 0 Å². The second-order valence-electron chi connectivity index (χ2n) is 5.91. The maximum absolute atomic E-state index is 12.2. The molecule has 1 N–H and O–H groups in total. The highest BCUT2D eigenvalue weighted by atomic mass is 35.5. The highest BCUT2D eigenvalue weighted by molar-refractivity contribution is 6.35. The molecular formula is C20H21ClN2O3. The molecule has 0 bridgehead atoms. The largest absolute Gasteiger partial charge is 0.493 e. The number of nitrogens with one attached hydrogen (secondary N) is 1. The van der Waals surface area contributed by atoms with E-state index in [0.717, 1.165) is 16.5 Å². The van der Waals surface area contributed by atoms with Gasteiger partial charge in [-0.15, -0.1) is 0 Å². The molecular weight excluding hydrogens is 352 g/mol. The first kappa shape index (κ1) is 18.1. The standard InChI is InChI=1S/C20H21ClN2O3/c1-25-18-7-6-14(12-19(18)26-2)8-10-22-20(24)13-23-11-9-15-16(21)4-3-5-17(15)23/h3-7,9,11-12H,8,10,13H2,1-2H3,(H,22,24). The minimum Gasteiger partial charge on any atom is -0.493 e.